The van der Waals surface area contributed by atoms with Crippen molar-refractivity contribution in [1.82, 2.24) is 15.1 Å². The summed E-state index contributed by atoms with van der Waals surface area (Å²) in [5.74, 6) is -0.666. The summed E-state index contributed by atoms with van der Waals surface area (Å²) >= 11 is 0. The number of nitrogens with zero attached hydrogens (tertiary/aromatic N) is 2. The molecule has 1 rings (SSSR count). The number of carbonyl (C=O) groups excluding carboxylic acids is 3. The highest BCUT2D eigenvalue weighted by atomic mass is 16.5. The summed E-state index contributed by atoms with van der Waals surface area (Å²) in [6.07, 6.45) is 0.671. The zero-order valence-corrected chi connectivity index (χ0v) is 21.0. The second-order valence-corrected chi connectivity index (χ2v) is 9.36. The van der Waals surface area contributed by atoms with E-state index in [1.807, 2.05) is 63.1 Å². The van der Waals surface area contributed by atoms with E-state index in [0.717, 1.165) is 5.56 Å². The van der Waals surface area contributed by atoms with Gasteiger partial charge >= 0.3 is 5.97 Å². The third kappa shape index (κ3) is 7.62. The predicted molar refractivity (Wildman–Crippen MR) is 127 cm³/mol. The van der Waals surface area contributed by atoms with Gasteiger partial charge in [0.2, 0.25) is 11.8 Å². The lowest BCUT2D eigenvalue weighted by molar-refractivity contribution is -0.142. The van der Waals surface area contributed by atoms with E-state index < -0.39 is 0 Å². The molecular formula is C25H41N3O4. The van der Waals surface area contributed by atoms with Gasteiger partial charge in [0.05, 0.1) is 20.2 Å². The lowest BCUT2D eigenvalue weighted by Gasteiger charge is -2.35. The minimum Gasteiger partial charge on any atom is -0.468 e. The molecule has 0 heterocycles. The van der Waals surface area contributed by atoms with Crippen molar-refractivity contribution in [3.8, 4) is 0 Å². The van der Waals surface area contributed by atoms with E-state index in [2.05, 4.69) is 19.2 Å². The molecule has 1 aromatic carbocycles. The molecule has 0 unspecified atom stereocenters. The van der Waals surface area contributed by atoms with Crippen LogP contribution < -0.4 is 5.32 Å². The van der Waals surface area contributed by atoms with Gasteiger partial charge in [-0.05, 0) is 24.9 Å². The zero-order chi connectivity index (χ0) is 24.5. The van der Waals surface area contributed by atoms with Crippen LogP contribution in [0.15, 0.2) is 30.3 Å². The number of esters is 1. The quantitative estimate of drug-likeness (QED) is 0.499. The molecule has 0 aliphatic rings. The molecule has 0 spiro atoms. The number of ether oxygens (including phenoxy) is 1. The van der Waals surface area contributed by atoms with Crippen molar-refractivity contribution in [2.45, 2.75) is 52.5 Å². The van der Waals surface area contributed by atoms with Crippen LogP contribution in [-0.4, -0.2) is 74.5 Å². The van der Waals surface area contributed by atoms with Crippen molar-refractivity contribution in [3.63, 3.8) is 0 Å². The van der Waals surface area contributed by atoms with Gasteiger partial charge in [-0.25, -0.2) is 0 Å². The SMILES string of the molecule is CC[C@H](C(=O)NCC(=O)N(C)[C@H](CN(C)CC(=O)OC)C(C)C)C(C)(C)c1ccccc1. The van der Waals surface area contributed by atoms with Crippen LogP contribution in [0, 0.1) is 11.8 Å². The topological polar surface area (TPSA) is 79.0 Å². The average molecular weight is 448 g/mol. The van der Waals surface area contributed by atoms with Gasteiger partial charge in [-0.15, -0.1) is 0 Å². The molecule has 2 amide bonds. The van der Waals surface area contributed by atoms with E-state index in [9.17, 15) is 14.4 Å². The Bertz CT molecular complexity index is 749. The van der Waals surface area contributed by atoms with E-state index >= 15 is 0 Å². The summed E-state index contributed by atoms with van der Waals surface area (Å²) in [5, 5.41) is 2.86. The lowest BCUT2D eigenvalue weighted by atomic mass is 9.71. The van der Waals surface area contributed by atoms with Gasteiger partial charge in [0.25, 0.3) is 0 Å². The van der Waals surface area contributed by atoms with Crippen molar-refractivity contribution < 1.29 is 19.1 Å². The molecule has 0 saturated heterocycles. The number of benzene rings is 1. The Labute approximate surface area is 193 Å². The maximum Gasteiger partial charge on any atom is 0.319 e. The zero-order valence-electron chi connectivity index (χ0n) is 21.0. The van der Waals surface area contributed by atoms with Gasteiger partial charge in [0.15, 0.2) is 0 Å². The summed E-state index contributed by atoms with van der Waals surface area (Å²) in [4.78, 5) is 40.9. The number of rotatable bonds is 12. The Morgan fingerprint density at radius 1 is 1.09 bits per heavy atom. The first kappa shape index (κ1) is 27.6. The maximum atomic E-state index is 13.0. The summed E-state index contributed by atoms with van der Waals surface area (Å²) in [6, 6.07) is 9.88. The molecule has 7 heteroatoms. The molecule has 1 aromatic rings. The van der Waals surface area contributed by atoms with E-state index in [1.165, 1.54) is 7.11 Å². The number of carbonyl (C=O) groups is 3. The number of hydrogen-bond acceptors (Lipinski definition) is 5. The number of amides is 2. The smallest absolute Gasteiger partial charge is 0.319 e. The summed E-state index contributed by atoms with van der Waals surface area (Å²) in [6.45, 7) is 10.8. The normalized spacial score (nSPS) is 13.6. The highest BCUT2D eigenvalue weighted by molar-refractivity contribution is 5.86. The summed E-state index contributed by atoms with van der Waals surface area (Å²) in [5.41, 5.74) is 0.741. The first-order chi connectivity index (χ1) is 14.9. The van der Waals surface area contributed by atoms with E-state index in [-0.39, 0.29) is 54.2 Å². The van der Waals surface area contributed by atoms with Crippen molar-refractivity contribution in [1.29, 1.82) is 0 Å². The molecule has 0 saturated carbocycles. The molecule has 0 aliphatic carbocycles. The van der Waals surface area contributed by atoms with E-state index in [1.54, 1.807) is 11.9 Å². The molecule has 0 radical (unpaired) electrons. The fourth-order valence-corrected chi connectivity index (χ4v) is 4.14. The van der Waals surface area contributed by atoms with Gasteiger partial charge in [-0.2, -0.15) is 0 Å². The fraction of sp³-hybridized carbons (Fsp3) is 0.640. The molecule has 1 N–H and O–H groups in total. The number of hydrogen-bond donors (Lipinski definition) is 1. The maximum absolute atomic E-state index is 13.0. The fourth-order valence-electron chi connectivity index (χ4n) is 4.14. The van der Waals surface area contributed by atoms with Crippen molar-refractivity contribution in [2.75, 3.05) is 40.8 Å². The van der Waals surface area contributed by atoms with Gasteiger partial charge in [0.1, 0.15) is 0 Å². The molecule has 0 bridgehead atoms. The first-order valence-electron chi connectivity index (χ1n) is 11.3. The van der Waals surface area contributed by atoms with E-state index in [0.29, 0.717) is 13.0 Å². The molecule has 0 aromatic heterocycles. The Hall–Kier alpha value is -2.41. The van der Waals surface area contributed by atoms with Gasteiger partial charge in [0, 0.05) is 31.0 Å². The van der Waals surface area contributed by atoms with Crippen LogP contribution in [-0.2, 0) is 24.5 Å². The Balaban J connectivity index is 2.78. The highest BCUT2D eigenvalue weighted by Crippen LogP contribution is 2.33. The van der Waals surface area contributed by atoms with Crippen molar-refractivity contribution in [2.24, 2.45) is 11.8 Å². The van der Waals surface area contributed by atoms with Crippen LogP contribution in [0.25, 0.3) is 0 Å². The minimum absolute atomic E-state index is 0.0549. The molecule has 2 atom stereocenters. The average Bonchev–Trinajstić information content (AvgIpc) is 2.75. The Morgan fingerprint density at radius 2 is 1.69 bits per heavy atom. The van der Waals surface area contributed by atoms with Crippen LogP contribution in [0.3, 0.4) is 0 Å². The Morgan fingerprint density at radius 3 is 2.19 bits per heavy atom. The van der Waals surface area contributed by atoms with E-state index in [4.69, 9.17) is 4.74 Å². The molecular weight excluding hydrogens is 406 g/mol. The molecule has 180 valence electrons. The molecule has 0 aliphatic heterocycles. The second-order valence-electron chi connectivity index (χ2n) is 9.36. The highest BCUT2D eigenvalue weighted by Gasteiger charge is 2.35. The number of methoxy groups -OCH3 is 1. The molecule has 32 heavy (non-hydrogen) atoms. The second kappa shape index (κ2) is 12.6. The third-order valence-corrected chi connectivity index (χ3v) is 6.31. The van der Waals surface area contributed by atoms with Crippen molar-refractivity contribution in [3.05, 3.63) is 35.9 Å². The van der Waals surface area contributed by atoms with Gasteiger partial charge < -0.3 is 15.0 Å². The number of nitrogens with one attached hydrogen (secondary N) is 1. The minimum atomic E-state index is -0.355. The van der Waals surface area contributed by atoms with Crippen molar-refractivity contribution >= 4 is 17.8 Å². The van der Waals surface area contributed by atoms with Crippen LogP contribution in [0.5, 0.6) is 0 Å². The van der Waals surface area contributed by atoms with Crippen LogP contribution >= 0.6 is 0 Å². The molecule has 7 nitrogen and oxygen atoms in total. The van der Waals surface area contributed by atoms with Crippen LogP contribution in [0.1, 0.15) is 46.6 Å². The summed E-state index contributed by atoms with van der Waals surface area (Å²) in [7, 11) is 4.93. The van der Waals surface area contributed by atoms with Gasteiger partial charge in [-0.1, -0.05) is 65.0 Å². The standard InChI is InChI=1S/C25H41N3O4/c1-9-20(25(4,5)19-13-11-10-12-14-19)24(31)26-15-22(29)28(7)21(18(2)3)16-27(6)17-23(30)32-8/h10-14,18,20-21H,9,15-17H2,1-8H3,(H,26,31)/t20-,21-/m1/s1. The summed E-state index contributed by atoms with van der Waals surface area (Å²) < 4.78 is 4.72. The first-order valence-corrected chi connectivity index (χ1v) is 11.3. The lowest BCUT2D eigenvalue weighted by Crippen LogP contribution is -2.51. The number of likely N-dealkylation sites (N-methyl/N-ethyl adjacent to an activating group) is 2. The van der Waals surface area contributed by atoms with Crippen LogP contribution in [0.2, 0.25) is 0 Å². The van der Waals surface area contributed by atoms with Crippen LogP contribution in [0.4, 0.5) is 0 Å². The largest absolute Gasteiger partial charge is 0.468 e. The Kier molecular flexibility index (Phi) is 10.9. The third-order valence-electron chi connectivity index (χ3n) is 6.31. The monoisotopic (exact) mass is 447 g/mol. The van der Waals surface area contributed by atoms with Gasteiger partial charge in [-0.3, -0.25) is 19.3 Å². The predicted octanol–water partition coefficient (Wildman–Crippen LogP) is 2.69. The molecule has 0 fully saturated rings.